The summed E-state index contributed by atoms with van der Waals surface area (Å²) in [6, 6.07) is 6.02. The molecule has 0 spiro atoms. The van der Waals surface area contributed by atoms with E-state index in [1.54, 1.807) is 12.1 Å². The third kappa shape index (κ3) is 2.82. The van der Waals surface area contributed by atoms with Crippen molar-refractivity contribution in [1.82, 2.24) is 4.90 Å². The number of carbonyl (C=O) groups is 1. The van der Waals surface area contributed by atoms with E-state index in [1.807, 2.05) is 6.07 Å². The fourth-order valence-electron chi connectivity index (χ4n) is 3.09. The molecule has 2 heterocycles. The molecule has 2 fully saturated rings. The Bertz CT molecular complexity index is 489. The van der Waals surface area contributed by atoms with Gasteiger partial charge in [0.2, 0.25) is 0 Å². The minimum absolute atomic E-state index is 0.553. The van der Waals surface area contributed by atoms with E-state index in [-0.39, 0.29) is 0 Å². The van der Waals surface area contributed by atoms with Crippen LogP contribution in [0.1, 0.15) is 16.8 Å². The molecule has 1 aromatic carbocycles. The van der Waals surface area contributed by atoms with Gasteiger partial charge >= 0.3 is 0 Å². The van der Waals surface area contributed by atoms with Crippen molar-refractivity contribution in [3.05, 3.63) is 28.8 Å². The van der Waals surface area contributed by atoms with Crippen molar-refractivity contribution in [3.63, 3.8) is 0 Å². The Balaban J connectivity index is 1.73. The summed E-state index contributed by atoms with van der Waals surface area (Å²) >= 11 is 6.07. The van der Waals surface area contributed by atoms with Crippen LogP contribution in [0.2, 0.25) is 5.02 Å². The van der Waals surface area contributed by atoms with Crippen LogP contribution in [0.15, 0.2) is 18.2 Å². The highest BCUT2D eigenvalue weighted by atomic mass is 35.5. The highest BCUT2D eigenvalue weighted by Gasteiger charge is 2.29. The first-order chi connectivity index (χ1) is 9.78. The number of nitrogens with zero attached hydrogens (tertiary/aromatic N) is 2. The topological polar surface area (TPSA) is 32.8 Å². The van der Waals surface area contributed by atoms with Crippen molar-refractivity contribution >= 4 is 23.6 Å². The lowest BCUT2D eigenvalue weighted by atomic mass is 10.2. The molecular formula is C15H19ClN2O2. The maximum atomic E-state index is 11.2. The predicted octanol–water partition coefficient (Wildman–Crippen LogP) is 2.06. The number of anilines is 1. The zero-order valence-electron chi connectivity index (χ0n) is 11.4. The molecule has 1 atom stereocenters. The van der Waals surface area contributed by atoms with Crippen molar-refractivity contribution < 1.29 is 9.53 Å². The molecule has 0 aromatic heterocycles. The van der Waals surface area contributed by atoms with Gasteiger partial charge in [0.15, 0.2) is 6.29 Å². The van der Waals surface area contributed by atoms with Gasteiger partial charge in [-0.15, -0.1) is 0 Å². The van der Waals surface area contributed by atoms with Crippen LogP contribution >= 0.6 is 11.6 Å². The van der Waals surface area contributed by atoms with Gasteiger partial charge in [0.05, 0.1) is 13.2 Å². The molecule has 2 aliphatic heterocycles. The first-order valence-electron chi connectivity index (χ1n) is 7.09. The lowest BCUT2D eigenvalue weighted by Crippen LogP contribution is -2.44. The molecule has 0 N–H and O–H groups in total. The molecular weight excluding hydrogens is 276 g/mol. The Hall–Kier alpha value is -1.10. The molecule has 1 unspecified atom stereocenters. The van der Waals surface area contributed by atoms with Gasteiger partial charge in [0.1, 0.15) is 0 Å². The molecule has 0 radical (unpaired) electrons. The van der Waals surface area contributed by atoms with Crippen LogP contribution in [-0.2, 0) is 4.74 Å². The summed E-state index contributed by atoms with van der Waals surface area (Å²) in [5, 5.41) is 0.681. The summed E-state index contributed by atoms with van der Waals surface area (Å²) in [4.78, 5) is 16.0. The Kier molecular flexibility index (Phi) is 4.24. The van der Waals surface area contributed by atoms with Crippen molar-refractivity contribution in [2.45, 2.75) is 12.5 Å². The molecule has 3 rings (SSSR count). The highest BCUT2D eigenvalue weighted by Crippen LogP contribution is 2.28. The van der Waals surface area contributed by atoms with Crippen LogP contribution in [0.4, 0.5) is 5.69 Å². The normalized spacial score (nSPS) is 24.1. The van der Waals surface area contributed by atoms with E-state index < -0.39 is 0 Å². The van der Waals surface area contributed by atoms with Gasteiger partial charge in [-0.3, -0.25) is 9.69 Å². The molecule has 1 aromatic rings. The molecule has 108 valence electrons. The Morgan fingerprint density at radius 2 is 2.05 bits per heavy atom. The van der Waals surface area contributed by atoms with Gasteiger partial charge in [0.25, 0.3) is 0 Å². The van der Waals surface area contributed by atoms with Gasteiger partial charge in [-0.1, -0.05) is 11.6 Å². The number of benzene rings is 1. The van der Waals surface area contributed by atoms with Crippen molar-refractivity contribution in [1.29, 1.82) is 0 Å². The van der Waals surface area contributed by atoms with Gasteiger partial charge < -0.3 is 9.64 Å². The fraction of sp³-hybridized carbons (Fsp3) is 0.533. The molecule has 20 heavy (non-hydrogen) atoms. The van der Waals surface area contributed by atoms with E-state index in [4.69, 9.17) is 16.3 Å². The summed E-state index contributed by atoms with van der Waals surface area (Å²) in [6.07, 6.45) is 2.04. The maximum absolute atomic E-state index is 11.2. The van der Waals surface area contributed by atoms with Crippen LogP contribution in [0, 0.1) is 0 Å². The Labute approximate surface area is 124 Å². The molecule has 0 amide bonds. The second kappa shape index (κ2) is 6.12. The van der Waals surface area contributed by atoms with E-state index in [2.05, 4.69) is 9.80 Å². The molecule has 5 heteroatoms. The molecule has 0 bridgehead atoms. The largest absolute Gasteiger partial charge is 0.379 e. The standard InChI is InChI=1S/C15H19ClN2O2/c16-13-2-1-12(11-19)15(9-13)18-4-3-14(10-18)17-5-7-20-8-6-17/h1-2,9,11,14H,3-8,10H2. The SMILES string of the molecule is O=Cc1ccc(Cl)cc1N1CCC(N2CCOCC2)C1. The van der Waals surface area contributed by atoms with Crippen LogP contribution in [-0.4, -0.2) is 56.6 Å². The molecule has 2 saturated heterocycles. The van der Waals surface area contributed by atoms with Crippen LogP contribution in [0.5, 0.6) is 0 Å². The minimum Gasteiger partial charge on any atom is -0.379 e. The predicted molar refractivity (Wildman–Crippen MR) is 79.8 cm³/mol. The van der Waals surface area contributed by atoms with E-state index in [1.165, 1.54) is 0 Å². The van der Waals surface area contributed by atoms with Crippen molar-refractivity contribution in [3.8, 4) is 0 Å². The minimum atomic E-state index is 0.553. The van der Waals surface area contributed by atoms with Crippen LogP contribution < -0.4 is 4.90 Å². The Morgan fingerprint density at radius 1 is 1.25 bits per heavy atom. The zero-order valence-corrected chi connectivity index (χ0v) is 12.2. The summed E-state index contributed by atoms with van der Waals surface area (Å²) in [7, 11) is 0. The van der Waals surface area contributed by atoms with E-state index in [0.717, 1.165) is 63.4 Å². The smallest absolute Gasteiger partial charge is 0.152 e. The molecule has 0 aliphatic carbocycles. The van der Waals surface area contributed by atoms with E-state index in [9.17, 15) is 4.79 Å². The number of aldehydes is 1. The maximum Gasteiger partial charge on any atom is 0.152 e. The van der Waals surface area contributed by atoms with Gasteiger partial charge in [0, 0.05) is 48.5 Å². The van der Waals surface area contributed by atoms with E-state index >= 15 is 0 Å². The number of rotatable bonds is 3. The van der Waals surface area contributed by atoms with Gasteiger partial charge in [-0.05, 0) is 24.6 Å². The molecule has 2 aliphatic rings. The van der Waals surface area contributed by atoms with E-state index in [0.29, 0.717) is 11.1 Å². The van der Waals surface area contributed by atoms with Gasteiger partial charge in [-0.2, -0.15) is 0 Å². The number of hydrogen-bond donors (Lipinski definition) is 0. The highest BCUT2D eigenvalue weighted by molar-refractivity contribution is 6.31. The number of ether oxygens (including phenoxy) is 1. The second-order valence-electron chi connectivity index (χ2n) is 5.36. The van der Waals surface area contributed by atoms with Crippen molar-refractivity contribution in [2.24, 2.45) is 0 Å². The lowest BCUT2D eigenvalue weighted by molar-refractivity contribution is 0.0209. The summed E-state index contributed by atoms with van der Waals surface area (Å²) in [5.74, 6) is 0. The summed E-state index contributed by atoms with van der Waals surface area (Å²) in [6.45, 7) is 5.61. The number of halogens is 1. The third-order valence-electron chi connectivity index (χ3n) is 4.19. The monoisotopic (exact) mass is 294 g/mol. The van der Waals surface area contributed by atoms with Gasteiger partial charge in [-0.25, -0.2) is 0 Å². The third-order valence-corrected chi connectivity index (χ3v) is 4.42. The summed E-state index contributed by atoms with van der Waals surface area (Å²) in [5.41, 5.74) is 1.68. The lowest BCUT2D eigenvalue weighted by Gasteiger charge is -2.32. The van der Waals surface area contributed by atoms with Crippen molar-refractivity contribution in [2.75, 3.05) is 44.3 Å². The number of carbonyl (C=O) groups excluding carboxylic acids is 1. The van der Waals surface area contributed by atoms with Crippen LogP contribution in [0.25, 0.3) is 0 Å². The number of morpholine rings is 1. The van der Waals surface area contributed by atoms with Crippen LogP contribution in [0.3, 0.4) is 0 Å². The fourth-order valence-corrected chi connectivity index (χ4v) is 3.26. The second-order valence-corrected chi connectivity index (χ2v) is 5.79. The summed E-state index contributed by atoms with van der Waals surface area (Å²) < 4.78 is 5.40. The molecule has 0 saturated carbocycles. The molecule has 4 nitrogen and oxygen atoms in total. The first-order valence-corrected chi connectivity index (χ1v) is 7.47. The quantitative estimate of drug-likeness (QED) is 0.799. The average molecular weight is 295 g/mol. The zero-order chi connectivity index (χ0) is 13.9. The Morgan fingerprint density at radius 3 is 2.80 bits per heavy atom. The first kappa shape index (κ1) is 13.9. The number of hydrogen-bond acceptors (Lipinski definition) is 4. The average Bonchev–Trinajstić information content (AvgIpc) is 2.98.